The summed E-state index contributed by atoms with van der Waals surface area (Å²) in [5.41, 5.74) is -0.299. The van der Waals surface area contributed by atoms with Crippen molar-refractivity contribution in [2.24, 2.45) is 16.7 Å². The number of nitrogens with zero attached hydrogens (tertiary/aromatic N) is 1. The number of Topliss-reactive ketones (excluding diaryl/α,β-unsaturated/α-hetero) is 1. The molecule has 1 aliphatic heterocycles. The summed E-state index contributed by atoms with van der Waals surface area (Å²) < 4.78 is 0. The summed E-state index contributed by atoms with van der Waals surface area (Å²) in [5.74, 6) is -0.606. The van der Waals surface area contributed by atoms with Gasteiger partial charge in [0.1, 0.15) is 5.78 Å². The molecule has 1 amide bonds. The Morgan fingerprint density at radius 2 is 1.77 bits per heavy atom. The summed E-state index contributed by atoms with van der Waals surface area (Å²) in [6, 6.07) is 0.242. The Kier molecular flexibility index (Phi) is 6.19. The Hall–Kier alpha value is -0.900. The average Bonchev–Trinajstić information content (AvgIpc) is 2.79. The van der Waals surface area contributed by atoms with Crippen LogP contribution in [0.4, 0.5) is 0 Å². The van der Waals surface area contributed by atoms with E-state index in [-0.39, 0.29) is 36.2 Å². The molecule has 0 aromatic carbocycles. The number of rotatable bonds is 5. The zero-order chi connectivity index (χ0) is 17.1. The third-order valence-electron chi connectivity index (χ3n) is 4.35. The molecule has 0 aliphatic carbocycles. The van der Waals surface area contributed by atoms with Gasteiger partial charge in [-0.1, -0.05) is 41.5 Å². The highest BCUT2D eigenvalue weighted by molar-refractivity contribution is 5.89. The van der Waals surface area contributed by atoms with Crippen LogP contribution in [0.3, 0.4) is 0 Å². The van der Waals surface area contributed by atoms with Gasteiger partial charge in [-0.05, 0) is 24.7 Å². The van der Waals surface area contributed by atoms with Crippen LogP contribution in [0.2, 0.25) is 0 Å². The van der Waals surface area contributed by atoms with Gasteiger partial charge in [-0.15, -0.1) is 0 Å². The van der Waals surface area contributed by atoms with Crippen LogP contribution in [0.5, 0.6) is 0 Å². The van der Waals surface area contributed by atoms with E-state index < -0.39 is 11.3 Å². The minimum atomic E-state index is -0.590. The number of hydrogen-bond acceptors (Lipinski definition) is 3. The molecule has 4 heteroatoms. The topological polar surface area (TPSA) is 57.6 Å². The van der Waals surface area contributed by atoms with E-state index in [9.17, 15) is 14.7 Å². The van der Waals surface area contributed by atoms with E-state index in [4.69, 9.17) is 0 Å². The van der Waals surface area contributed by atoms with E-state index in [1.54, 1.807) is 0 Å². The normalized spacial score (nSPS) is 21.0. The van der Waals surface area contributed by atoms with Gasteiger partial charge in [0.15, 0.2) is 0 Å². The third-order valence-corrected chi connectivity index (χ3v) is 4.35. The fourth-order valence-corrected chi connectivity index (χ4v) is 3.04. The van der Waals surface area contributed by atoms with Crippen molar-refractivity contribution < 1.29 is 14.7 Å². The van der Waals surface area contributed by atoms with Crippen molar-refractivity contribution in [3.63, 3.8) is 0 Å². The molecule has 0 aromatic heterocycles. The smallest absolute Gasteiger partial charge is 0.228 e. The molecule has 22 heavy (non-hydrogen) atoms. The molecule has 4 nitrogen and oxygen atoms in total. The van der Waals surface area contributed by atoms with Crippen molar-refractivity contribution >= 4 is 11.7 Å². The highest BCUT2D eigenvalue weighted by atomic mass is 16.3. The maximum Gasteiger partial charge on any atom is 0.228 e. The number of aliphatic hydroxyl groups excluding tert-OH is 1. The summed E-state index contributed by atoms with van der Waals surface area (Å²) in [7, 11) is 0. The van der Waals surface area contributed by atoms with Gasteiger partial charge in [-0.3, -0.25) is 9.59 Å². The number of aliphatic hydroxyl groups is 1. The van der Waals surface area contributed by atoms with E-state index in [2.05, 4.69) is 20.8 Å². The summed E-state index contributed by atoms with van der Waals surface area (Å²) in [6.07, 6.45) is 3.13. The Balaban J connectivity index is 2.76. The van der Waals surface area contributed by atoms with Crippen molar-refractivity contribution in [2.45, 2.75) is 73.3 Å². The van der Waals surface area contributed by atoms with Crippen LogP contribution >= 0.6 is 0 Å². The van der Waals surface area contributed by atoms with E-state index >= 15 is 0 Å². The first kappa shape index (κ1) is 19.1. The van der Waals surface area contributed by atoms with Gasteiger partial charge in [0.2, 0.25) is 5.91 Å². The predicted molar refractivity (Wildman–Crippen MR) is 88.5 cm³/mol. The molecule has 1 N–H and O–H groups in total. The second-order valence-electron chi connectivity index (χ2n) is 8.85. The van der Waals surface area contributed by atoms with Crippen LogP contribution in [-0.2, 0) is 9.59 Å². The van der Waals surface area contributed by atoms with Gasteiger partial charge in [0, 0.05) is 24.4 Å². The van der Waals surface area contributed by atoms with Crippen LogP contribution in [0.15, 0.2) is 0 Å². The van der Waals surface area contributed by atoms with Crippen LogP contribution < -0.4 is 0 Å². The van der Waals surface area contributed by atoms with E-state index in [1.165, 1.54) is 0 Å². The average molecular weight is 311 g/mol. The molecule has 2 unspecified atom stereocenters. The lowest BCUT2D eigenvalue weighted by molar-refractivity contribution is -0.142. The minimum Gasteiger partial charge on any atom is -0.396 e. The molecule has 1 saturated heterocycles. The first-order chi connectivity index (χ1) is 9.95. The van der Waals surface area contributed by atoms with Crippen molar-refractivity contribution in [3.8, 4) is 0 Å². The number of carbonyl (C=O) groups excluding carboxylic acids is 2. The molecule has 0 aromatic rings. The summed E-state index contributed by atoms with van der Waals surface area (Å²) >= 11 is 0. The molecule has 2 atom stereocenters. The second kappa shape index (κ2) is 7.12. The quantitative estimate of drug-likeness (QED) is 0.849. The van der Waals surface area contributed by atoms with Gasteiger partial charge >= 0.3 is 0 Å². The molecule has 0 spiro atoms. The second-order valence-corrected chi connectivity index (χ2v) is 8.85. The molecule has 1 fully saturated rings. The molecule has 1 rings (SSSR count). The highest BCUT2D eigenvalue weighted by Gasteiger charge is 2.36. The first-order valence-electron chi connectivity index (χ1n) is 8.40. The summed E-state index contributed by atoms with van der Waals surface area (Å²) in [4.78, 5) is 26.8. The van der Waals surface area contributed by atoms with Crippen LogP contribution in [0, 0.1) is 16.7 Å². The van der Waals surface area contributed by atoms with Gasteiger partial charge in [-0.25, -0.2) is 0 Å². The van der Waals surface area contributed by atoms with E-state index in [0.717, 1.165) is 25.8 Å². The fraction of sp³-hybridized carbons (Fsp3) is 0.889. The van der Waals surface area contributed by atoms with Gasteiger partial charge in [0.25, 0.3) is 0 Å². The van der Waals surface area contributed by atoms with E-state index in [0.29, 0.717) is 0 Å². The lowest BCUT2D eigenvalue weighted by atomic mass is 9.84. The highest BCUT2D eigenvalue weighted by Crippen LogP contribution is 2.31. The zero-order valence-electron chi connectivity index (χ0n) is 15.1. The molecule has 0 bridgehead atoms. The third kappa shape index (κ3) is 5.38. The van der Waals surface area contributed by atoms with Gasteiger partial charge < -0.3 is 10.0 Å². The summed E-state index contributed by atoms with van der Waals surface area (Å²) in [6.45, 7) is 12.6. The number of amides is 1. The van der Waals surface area contributed by atoms with Crippen LogP contribution in [-0.4, -0.2) is 40.9 Å². The minimum absolute atomic E-state index is 0.0338. The summed E-state index contributed by atoms with van der Waals surface area (Å²) in [5, 5.41) is 9.59. The Morgan fingerprint density at radius 1 is 1.18 bits per heavy atom. The fourth-order valence-electron chi connectivity index (χ4n) is 3.04. The predicted octanol–water partition coefficient (Wildman–Crippen LogP) is 3.03. The van der Waals surface area contributed by atoms with Crippen LogP contribution in [0.1, 0.15) is 67.2 Å². The van der Waals surface area contributed by atoms with Crippen molar-refractivity contribution in [1.29, 1.82) is 0 Å². The van der Waals surface area contributed by atoms with Gasteiger partial charge in [-0.2, -0.15) is 0 Å². The number of hydrogen-bond donors (Lipinski definition) is 1. The molecule has 128 valence electrons. The number of likely N-dealkylation sites (tertiary alicyclic amines) is 1. The van der Waals surface area contributed by atoms with Crippen molar-refractivity contribution in [3.05, 3.63) is 0 Å². The SMILES string of the molecule is CC(C)(C)CC1CCCN1C(=O)C(CO)CC(=O)C(C)(C)C. The standard InChI is InChI=1S/C18H33NO3/c1-17(2,3)11-14-8-7-9-19(14)16(22)13(12-20)10-15(21)18(4,5)6/h13-14,20H,7-12H2,1-6H3. The lowest BCUT2D eigenvalue weighted by Gasteiger charge is -2.32. The molecule has 1 aliphatic rings. The monoisotopic (exact) mass is 311 g/mol. The largest absolute Gasteiger partial charge is 0.396 e. The van der Waals surface area contributed by atoms with Crippen molar-refractivity contribution in [1.82, 2.24) is 4.90 Å². The lowest BCUT2D eigenvalue weighted by Crippen LogP contribution is -2.43. The molecule has 0 radical (unpaired) electrons. The van der Waals surface area contributed by atoms with Gasteiger partial charge in [0.05, 0.1) is 12.5 Å². The maximum atomic E-state index is 12.7. The molecular weight excluding hydrogens is 278 g/mol. The zero-order valence-corrected chi connectivity index (χ0v) is 15.1. The Bertz CT molecular complexity index is 404. The number of carbonyl (C=O) groups is 2. The molecule has 0 saturated carbocycles. The first-order valence-corrected chi connectivity index (χ1v) is 8.40. The molecular formula is C18H33NO3. The Morgan fingerprint density at radius 3 is 2.23 bits per heavy atom. The van der Waals surface area contributed by atoms with E-state index in [1.807, 2.05) is 25.7 Å². The molecule has 1 heterocycles. The van der Waals surface area contributed by atoms with Crippen molar-refractivity contribution in [2.75, 3.05) is 13.2 Å². The maximum absolute atomic E-state index is 12.7. The number of ketones is 1. The van der Waals surface area contributed by atoms with Crippen LogP contribution in [0.25, 0.3) is 0 Å². The Labute approximate surface area is 135 Å².